The first-order valence-electron chi connectivity index (χ1n) is 11.2. The number of likely N-dealkylation sites (tertiary alicyclic amines) is 1. The number of fused-ring (bicyclic) bond motifs is 1. The molecular weight excluding hydrogens is 413 g/mol. The quantitative estimate of drug-likeness (QED) is 0.550. The second-order valence-electron chi connectivity index (χ2n) is 8.87. The summed E-state index contributed by atoms with van der Waals surface area (Å²) in [4.78, 5) is 38.1. The number of amides is 2. The number of hydrogen-bond donors (Lipinski definition) is 2. The zero-order chi connectivity index (χ0) is 23.1. The lowest BCUT2D eigenvalue weighted by Crippen LogP contribution is -2.44. The summed E-state index contributed by atoms with van der Waals surface area (Å²) in [7, 11) is 2.02. The maximum absolute atomic E-state index is 13.4. The van der Waals surface area contributed by atoms with Gasteiger partial charge in [-0.1, -0.05) is 18.2 Å². The zero-order valence-electron chi connectivity index (χ0n) is 18.5. The van der Waals surface area contributed by atoms with Crippen molar-refractivity contribution in [2.75, 3.05) is 26.7 Å². The summed E-state index contributed by atoms with van der Waals surface area (Å²) in [5.74, 6) is 0.114. The summed E-state index contributed by atoms with van der Waals surface area (Å²) < 4.78 is 13.4. The molecule has 0 saturated carbocycles. The lowest BCUT2D eigenvalue weighted by atomic mass is 9.96. The van der Waals surface area contributed by atoms with Gasteiger partial charge in [-0.15, -0.1) is 0 Å². The summed E-state index contributed by atoms with van der Waals surface area (Å²) >= 11 is 0. The highest BCUT2D eigenvalue weighted by Gasteiger charge is 2.32. The zero-order valence-corrected chi connectivity index (χ0v) is 18.5. The lowest BCUT2D eigenvalue weighted by Gasteiger charge is -2.32. The Balaban J connectivity index is 0.000000913. The molecule has 1 aromatic carbocycles. The number of allylic oxidation sites excluding steroid dienone is 2. The van der Waals surface area contributed by atoms with Crippen molar-refractivity contribution in [3.05, 3.63) is 47.3 Å². The van der Waals surface area contributed by atoms with Crippen LogP contribution in [0.15, 0.2) is 30.4 Å². The van der Waals surface area contributed by atoms with Crippen molar-refractivity contribution >= 4 is 18.3 Å². The number of benzene rings is 1. The molecule has 1 saturated heterocycles. The van der Waals surface area contributed by atoms with Gasteiger partial charge in [0.2, 0.25) is 11.8 Å². The Morgan fingerprint density at radius 2 is 1.84 bits per heavy atom. The topological polar surface area (TPSA) is 90.0 Å². The molecule has 8 heteroatoms. The van der Waals surface area contributed by atoms with Gasteiger partial charge < -0.3 is 20.2 Å². The molecule has 0 radical (unpaired) electrons. The molecule has 2 N–H and O–H groups in total. The molecule has 7 nitrogen and oxygen atoms in total. The molecule has 1 aliphatic carbocycles. The van der Waals surface area contributed by atoms with Gasteiger partial charge in [-0.2, -0.15) is 0 Å². The van der Waals surface area contributed by atoms with Gasteiger partial charge in [-0.25, -0.2) is 4.39 Å². The molecule has 0 unspecified atom stereocenters. The summed E-state index contributed by atoms with van der Waals surface area (Å²) in [5, 5.41) is 10.1. The summed E-state index contributed by atoms with van der Waals surface area (Å²) in [6.45, 7) is 2.44. The Morgan fingerprint density at radius 3 is 2.56 bits per heavy atom. The van der Waals surface area contributed by atoms with Crippen LogP contribution in [0, 0.1) is 17.7 Å². The number of carbonyl (C=O) groups is 3. The van der Waals surface area contributed by atoms with Crippen molar-refractivity contribution in [1.29, 1.82) is 0 Å². The largest absolute Gasteiger partial charge is 0.483 e. The number of nitrogens with one attached hydrogen (secondary N) is 1. The van der Waals surface area contributed by atoms with Crippen LogP contribution in [0.25, 0.3) is 0 Å². The van der Waals surface area contributed by atoms with E-state index in [2.05, 4.69) is 22.4 Å². The third kappa shape index (κ3) is 6.16. The van der Waals surface area contributed by atoms with Gasteiger partial charge in [0.15, 0.2) is 0 Å². The molecule has 2 amide bonds. The minimum absolute atomic E-state index is 0.0583. The summed E-state index contributed by atoms with van der Waals surface area (Å²) in [6.07, 6.45) is 8.11. The monoisotopic (exact) mass is 445 g/mol. The Labute approximate surface area is 188 Å². The molecule has 1 fully saturated rings. The smallest absolute Gasteiger partial charge is 0.290 e. The molecule has 0 aromatic heterocycles. The van der Waals surface area contributed by atoms with Gasteiger partial charge >= 0.3 is 0 Å². The fraction of sp³-hybridized carbons (Fsp3) is 0.542. The van der Waals surface area contributed by atoms with E-state index in [-0.39, 0.29) is 42.0 Å². The molecule has 2 atom stereocenters. The molecule has 32 heavy (non-hydrogen) atoms. The Morgan fingerprint density at radius 1 is 1.12 bits per heavy atom. The first-order valence-corrected chi connectivity index (χ1v) is 11.2. The first kappa shape index (κ1) is 23.9. The maximum atomic E-state index is 13.4. The van der Waals surface area contributed by atoms with Crippen LogP contribution in [0.4, 0.5) is 4.39 Å². The van der Waals surface area contributed by atoms with Crippen LogP contribution in [0.3, 0.4) is 0 Å². The molecule has 3 aliphatic rings. The molecule has 1 aromatic rings. The van der Waals surface area contributed by atoms with E-state index in [0.29, 0.717) is 26.1 Å². The molecule has 2 aliphatic heterocycles. The highest BCUT2D eigenvalue weighted by Crippen LogP contribution is 2.25. The van der Waals surface area contributed by atoms with Crippen molar-refractivity contribution in [2.45, 2.75) is 44.7 Å². The average molecular weight is 446 g/mol. The van der Waals surface area contributed by atoms with Gasteiger partial charge in [0, 0.05) is 38.1 Å². The van der Waals surface area contributed by atoms with Crippen LogP contribution >= 0.6 is 0 Å². The van der Waals surface area contributed by atoms with E-state index in [9.17, 15) is 14.0 Å². The molecule has 0 bridgehead atoms. The van der Waals surface area contributed by atoms with Gasteiger partial charge in [-0.3, -0.25) is 14.4 Å². The lowest BCUT2D eigenvalue weighted by molar-refractivity contribution is -0.137. The fourth-order valence-corrected chi connectivity index (χ4v) is 4.85. The second kappa shape index (κ2) is 11.2. The number of likely N-dealkylation sites (N-methyl/N-ethyl adjacent to an activating group) is 1. The van der Waals surface area contributed by atoms with Crippen LogP contribution in [0.5, 0.6) is 0 Å². The van der Waals surface area contributed by atoms with Gasteiger partial charge in [0.05, 0.1) is 5.92 Å². The van der Waals surface area contributed by atoms with Crippen LogP contribution in [0.1, 0.15) is 36.8 Å². The van der Waals surface area contributed by atoms with Gasteiger partial charge in [0.25, 0.3) is 6.47 Å². The Bertz CT molecular complexity index is 852. The molecule has 174 valence electrons. The van der Waals surface area contributed by atoms with E-state index in [1.54, 1.807) is 12.1 Å². The number of hydrogen-bond acceptors (Lipinski definition) is 4. The second-order valence-corrected chi connectivity index (χ2v) is 8.87. The Kier molecular flexibility index (Phi) is 8.39. The van der Waals surface area contributed by atoms with E-state index in [1.807, 2.05) is 11.9 Å². The molecular formula is C24H32FN3O4. The van der Waals surface area contributed by atoms with Gasteiger partial charge in [0.1, 0.15) is 5.82 Å². The molecule has 2 heterocycles. The SMILES string of the molecule is CN1C[C@@H](NC(=O)C2CC=CC2)CC[C@@H](C(=O)N2CCc3cc(F)ccc3C2)C1.O=CO. The highest BCUT2D eigenvalue weighted by molar-refractivity contribution is 5.80. The number of nitrogens with zero attached hydrogens (tertiary/aromatic N) is 2. The summed E-state index contributed by atoms with van der Waals surface area (Å²) in [5.41, 5.74) is 2.06. The standard InChI is InChI=1S/C23H30FN3O2.CH2O2/c1-26-13-19(7-9-21(15-26)25-22(28)16-4-2-3-5-16)23(29)27-11-10-17-12-20(24)8-6-18(17)14-27;2-1-3/h2-3,6,8,12,16,19,21H,4-5,7,9-11,13-15H2,1H3,(H,25,28);1H,(H,2,3)/t19-,21+;/m1./s1. The van der Waals surface area contributed by atoms with E-state index >= 15 is 0 Å². The van der Waals surface area contributed by atoms with Crippen LogP contribution in [-0.2, 0) is 27.3 Å². The third-order valence-electron chi connectivity index (χ3n) is 6.49. The van der Waals surface area contributed by atoms with Crippen molar-refractivity contribution < 1.29 is 23.9 Å². The predicted octanol–water partition coefficient (Wildman–Crippen LogP) is 2.20. The fourth-order valence-electron chi connectivity index (χ4n) is 4.85. The van der Waals surface area contributed by atoms with E-state index in [0.717, 1.165) is 43.4 Å². The summed E-state index contributed by atoms with van der Waals surface area (Å²) in [6, 6.07) is 4.95. The minimum Gasteiger partial charge on any atom is -0.483 e. The van der Waals surface area contributed by atoms with Crippen molar-refractivity contribution in [3.63, 3.8) is 0 Å². The normalized spacial score (nSPS) is 23.5. The van der Waals surface area contributed by atoms with Gasteiger partial charge in [-0.05, 0) is 62.4 Å². The van der Waals surface area contributed by atoms with E-state index in [1.165, 1.54) is 6.07 Å². The van der Waals surface area contributed by atoms with E-state index in [4.69, 9.17) is 9.90 Å². The van der Waals surface area contributed by atoms with Crippen molar-refractivity contribution in [3.8, 4) is 0 Å². The predicted molar refractivity (Wildman–Crippen MR) is 118 cm³/mol. The highest BCUT2D eigenvalue weighted by atomic mass is 19.1. The van der Waals surface area contributed by atoms with Crippen LogP contribution in [0.2, 0.25) is 0 Å². The first-order chi connectivity index (χ1) is 15.4. The number of halogens is 1. The van der Waals surface area contributed by atoms with Crippen LogP contribution in [-0.4, -0.2) is 65.9 Å². The average Bonchev–Trinajstić information content (AvgIpc) is 3.25. The third-order valence-corrected chi connectivity index (χ3v) is 6.49. The maximum Gasteiger partial charge on any atom is 0.290 e. The minimum atomic E-state index is -0.250. The van der Waals surface area contributed by atoms with Crippen molar-refractivity contribution in [1.82, 2.24) is 15.1 Å². The number of rotatable bonds is 3. The molecule has 4 rings (SSSR count). The number of carbonyl (C=O) groups excluding carboxylic acids is 2. The van der Waals surface area contributed by atoms with Crippen molar-refractivity contribution in [2.24, 2.45) is 11.8 Å². The van der Waals surface area contributed by atoms with E-state index < -0.39 is 0 Å². The van der Waals surface area contributed by atoms with Crippen LogP contribution < -0.4 is 5.32 Å². The Hall–Kier alpha value is -2.74. The molecule has 0 spiro atoms. The number of carboxylic acid groups (broad SMARTS) is 1.